The van der Waals surface area contributed by atoms with Crippen molar-refractivity contribution in [2.75, 3.05) is 7.05 Å². The summed E-state index contributed by atoms with van der Waals surface area (Å²) in [4.78, 5) is 27.0. The second-order valence-corrected chi connectivity index (χ2v) is 5.87. The lowest BCUT2D eigenvalue weighted by molar-refractivity contribution is 0.0729. The lowest BCUT2D eigenvalue weighted by atomic mass is 10.1. The summed E-state index contributed by atoms with van der Waals surface area (Å²) >= 11 is 0. The van der Waals surface area contributed by atoms with Crippen molar-refractivity contribution in [2.45, 2.75) is 45.2 Å². The Morgan fingerprint density at radius 1 is 1.27 bits per heavy atom. The lowest BCUT2D eigenvalue weighted by Crippen LogP contribution is -2.37. The number of aryl methyl sites for hydroxylation is 1. The molecular weight excluding hydrogens is 278 g/mol. The summed E-state index contributed by atoms with van der Waals surface area (Å²) < 4.78 is 1.37. The van der Waals surface area contributed by atoms with E-state index in [2.05, 4.69) is 5.10 Å². The minimum absolute atomic E-state index is 0.0923. The fourth-order valence-electron chi connectivity index (χ4n) is 3.23. The van der Waals surface area contributed by atoms with Crippen molar-refractivity contribution in [2.24, 2.45) is 0 Å². The number of carbonyl (C=O) groups excluding carboxylic acids is 1. The van der Waals surface area contributed by atoms with Gasteiger partial charge in [-0.2, -0.15) is 5.10 Å². The molecule has 0 saturated heterocycles. The van der Waals surface area contributed by atoms with Gasteiger partial charge < -0.3 is 4.90 Å². The molecule has 1 amide bonds. The molecule has 0 aliphatic heterocycles. The molecule has 116 valence electrons. The molecule has 3 rings (SSSR count). The molecule has 22 heavy (non-hydrogen) atoms. The monoisotopic (exact) mass is 299 g/mol. The van der Waals surface area contributed by atoms with Crippen molar-refractivity contribution in [1.29, 1.82) is 0 Å². The van der Waals surface area contributed by atoms with Gasteiger partial charge >= 0.3 is 0 Å². The predicted octanol–water partition coefficient (Wildman–Crippen LogP) is 2.43. The largest absolute Gasteiger partial charge is 0.337 e. The van der Waals surface area contributed by atoms with Crippen molar-refractivity contribution < 1.29 is 4.79 Å². The molecule has 0 spiro atoms. The summed E-state index contributed by atoms with van der Waals surface area (Å²) in [7, 11) is 1.84. The number of carbonyl (C=O) groups is 1. The van der Waals surface area contributed by atoms with Gasteiger partial charge in [-0.1, -0.05) is 31.0 Å². The Hall–Kier alpha value is -2.17. The predicted molar refractivity (Wildman–Crippen MR) is 86.0 cm³/mol. The van der Waals surface area contributed by atoms with Gasteiger partial charge in [0.2, 0.25) is 0 Å². The summed E-state index contributed by atoms with van der Waals surface area (Å²) in [6, 6.07) is 7.51. The van der Waals surface area contributed by atoms with Gasteiger partial charge in [-0.3, -0.25) is 9.59 Å². The molecule has 1 aromatic heterocycles. The first-order valence-electron chi connectivity index (χ1n) is 7.90. The molecule has 1 aliphatic carbocycles. The van der Waals surface area contributed by atoms with E-state index in [1.54, 1.807) is 17.0 Å². The Bertz CT molecular complexity index is 760. The van der Waals surface area contributed by atoms with Crippen LogP contribution in [-0.2, 0) is 6.54 Å². The number of fused-ring (bicyclic) bond motifs is 1. The van der Waals surface area contributed by atoms with Crippen molar-refractivity contribution in [3.8, 4) is 0 Å². The topological polar surface area (TPSA) is 55.2 Å². The third kappa shape index (κ3) is 2.40. The molecule has 1 fully saturated rings. The molecule has 0 unspecified atom stereocenters. The standard InChI is InChI=1S/C17H21N3O2/c1-3-20-16(21)14-11-7-6-10-13(14)15(18-20)17(22)19(2)12-8-4-5-9-12/h6-7,10-12H,3-5,8-9H2,1-2H3. The Labute approximate surface area is 129 Å². The maximum Gasteiger partial charge on any atom is 0.274 e. The average Bonchev–Trinajstić information content (AvgIpc) is 3.08. The molecule has 5 heteroatoms. The van der Waals surface area contributed by atoms with Crippen LogP contribution in [0.15, 0.2) is 29.1 Å². The smallest absolute Gasteiger partial charge is 0.274 e. The summed E-state index contributed by atoms with van der Waals surface area (Å²) in [6.45, 7) is 2.31. The van der Waals surface area contributed by atoms with Crippen molar-refractivity contribution >= 4 is 16.7 Å². The van der Waals surface area contributed by atoms with Gasteiger partial charge in [0.1, 0.15) is 0 Å². The fraction of sp³-hybridized carbons (Fsp3) is 0.471. The van der Waals surface area contributed by atoms with Crippen molar-refractivity contribution in [3.63, 3.8) is 0 Å². The number of hydrogen-bond donors (Lipinski definition) is 0. The van der Waals surface area contributed by atoms with E-state index in [1.165, 1.54) is 17.5 Å². The zero-order valence-electron chi connectivity index (χ0n) is 13.1. The minimum atomic E-state index is -0.141. The maximum atomic E-state index is 12.9. The highest BCUT2D eigenvalue weighted by molar-refractivity contribution is 6.04. The third-order valence-electron chi connectivity index (χ3n) is 4.56. The number of benzene rings is 1. The van der Waals surface area contributed by atoms with Gasteiger partial charge in [0.05, 0.1) is 5.39 Å². The molecule has 0 atom stereocenters. The number of nitrogens with zero attached hydrogens (tertiary/aromatic N) is 3. The van der Waals surface area contributed by atoms with E-state index in [0.29, 0.717) is 23.0 Å². The first-order chi connectivity index (χ1) is 10.6. The molecule has 1 heterocycles. The molecule has 1 saturated carbocycles. The Kier molecular flexibility index (Phi) is 3.96. The molecular formula is C17H21N3O2. The first kappa shape index (κ1) is 14.8. The van der Waals surface area contributed by atoms with E-state index in [1.807, 2.05) is 26.1 Å². The lowest BCUT2D eigenvalue weighted by Gasteiger charge is -2.24. The molecule has 0 radical (unpaired) electrons. The van der Waals surface area contributed by atoms with E-state index < -0.39 is 0 Å². The Morgan fingerprint density at radius 3 is 2.55 bits per heavy atom. The number of hydrogen-bond acceptors (Lipinski definition) is 3. The molecule has 0 bridgehead atoms. The number of rotatable bonds is 3. The Morgan fingerprint density at radius 2 is 1.91 bits per heavy atom. The molecule has 1 aromatic carbocycles. The van der Waals surface area contributed by atoms with Crippen LogP contribution in [0.3, 0.4) is 0 Å². The van der Waals surface area contributed by atoms with Crippen LogP contribution in [0, 0.1) is 0 Å². The van der Waals surface area contributed by atoms with Gasteiger partial charge in [-0.05, 0) is 25.8 Å². The third-order valence-corrected chi connectivity index (χ3v) is 4.56. The highest BCUT2D eigenvalue weighted by atomic mass is 16.2. The summed E-state index contributed by atoms with van der Waals surface area (Å²) in [6.07, 6.45) is 4.44. The quantitative estimate of drug-likeness (QED) is 0.874. The van der Waals surface area contributed by atoms with E-state index in [0.717, 1.165) is 12.8 Å². The van der Waals surface area contributed by atoms with E-state index >= 15 is 0 Å². The Balaban J connectivity index is 2.11. The van der Waals surface area contributed by atoms with Crippen LogP contribution in [0.5, 0.6) is 0 Å². The summed E-state index contributed by atoms with van der Waals surface area (Å²) in [5, 5.41) is 5.53. The summed E-state index contributed by atoms with van der Waals surface area (Å²) in [5.74, 6) is -0.0923. The van der Waals surface area contributed by atoms with Gasteiger partial charge in [0.15, 0.2) is 5.69 Å². The first-order valence-corrected chi connectivity index (χ1v) is 7.90. The molecule has 0 N–H and O–H groups in total. The van der Waals surface area contributed by atoms with Crippen molar-refractivity contribution in [1.82, 2.24) is 14.7 Å². The molecule has 5 nitrogen and oxygen atoms in total. The van der Waals surface area contributed by atoms with Crippen LogP contribution in [0.4, 0.5) is 0 Å². The van der Waals surface area contributed by atoms with Crippen molar-refractivity contribution in [3.05, 3.63) is 40.3 Å². The second-order valence-electron chi connectivity index (χ2n) is 5.87. The van der Waals surface area contributed by atoms with E-state index in [4.69, 9.17) is 0 Å². The van der Waals surface area contributed by atoms with Crippen LogP contribution >= 0.6 is 0 Å². The number of amides is 1. The zero-order valence-corrected chi connectivity index (χ0v) is 13.1. The minimum Gasteiger partial charge on any atom is -0.337 e. The molecule has 2 aromatic rings. The maximum absolute atomic E-state index is 12.9. The normalized spacial score (nSPS) is 15.4. The van der Waals surface area contributed by atoms with E-state index in [-0.39, 0.29) is 17.5 Å². The van der Waals surface area contributed by atoms with Gasteiger partial charge in [-0.25, -0.2) is 4.68 Å². The van der Waals surface area contributed by atoms with Crippen LogP contribution in [-0.4, -0.2) is 33.7 Å². The average molecular weight is 299 g/mol. The van der Waals surface area contributed by atoms with Gasteiger partial charge in [0, 0.05) is 25.0 Å². The van der Waals surface area contributed by atoms with Crippen LogP contribution in [0.1, 0.15) is 43.1 Å². The van der Waals surface area contributed by atoms with Crippen LogP contribution in [0.2, 0.25) is 0 Å². The van der Waals surface area contributed by atoms with Gasteiger partial charge in [0.25, 0.3) is 11.5 Å². The number of aromatic nitrogens is 2. The van der Waals surface area contributed by atoms with Crippen LogP contribution in [0.25, 0.3) is 10.8 Å². The highest BCUT2D eigenvalue weighted by Gasteiger charge is 2.27. The SMILES string of the molecule is CCn1nc(C(=O)N(C)C2CCCC2)c2ccccc2c1=O. The second kappa shape index (κ2) is 5.91. The van der Waals surface area contributed by atoms with E-state index in [9.17, 15) is 9.59 Å². The zero-order chi connectivity index (χ0) is 15.7. The summed E-state index contributed by atoms with van der Waals surface area (Å²) in [5.41, 5.74) is 0.240. The fourth-order valence-corrected chi connectivity index (χ4v) is 3.23. The van der Waals surface area contributed by atoms with Gasteiger partial charge in [-0.15, -0.1) is 0 Å². The molecule has 1 aliphatic rings. The van der Waals surface area contributed by atoms with Crippen LogP contribution < -0.4 is 5.56 Å². The highest BCUT2D eigenvalue weighted by Crippen LogP contribution is 2.24.